The molecule has 1 saturated carbocycles. The van der Waals surface area contributed by atoms with Gasteiger partial charge < -0.3 is 0 Å². The number of pyridine rings is 1. The zero-order chi connectivity index (χ0) is 11.5. The molecule has 2 aromatic heterocycles. The summed E-state index contributed by atoms with van der Waals surface area (Å²) in [6.07, 6.45) is 8.21. The molecule has 0 aromatic carbocycles. The van der Waals surface area contributed by atoms with Crippen LogP contribution in [0.2, 0.25) is 0 Å². The summed E-state index contributed by atoms with van der Waals surface area (Å²) in [6, 6.07) is 5.80. The standard InChI is InChI=1S/C13H16N4/c1-2-6-10(7-3-1)12-15-13(17-16-12)11-8-4-5-9-14-11/h4-5,8-10H,1-3,6-7H2,(H,15,16,17). The van der Waals surface area contributed by atoms with E-state index in [2.05, 4.69) is 20.2 Å². The van der Waals surface area contributed by atoms with Crippen LogP contribution in [0.4, 0.5) is 0 Å². The third-order valence-electron chi connectivity index (χ3n) is 3.39. The number of hydrogen-bond donors (Lipinski definition) is 1. The van der Waals surface area contributed by atoms with Gasteiger partial charge in [-0.05, 0) is 25.0 Å². The predicted octanol–water partition coefficient (Wildman–Crippen LogP) is 2.91. The van der Waals surface area contributed by atoms with E-state index in [9.17, 15) is 0 Å². The lowest BCUT2D eigenvalue weighted by Crippen LogP contribution is -2.06. The Hall–Kier alpha value is -1.71. The molecule has 0 saturated heterocycles. The zero-order valence-corrected chi connectivity index (χ0v) is 9.76. The molecule has 4 nitrogen and oxygen atoms in total. The van der Waals surface area contributed by atoms with Crippen molar-refractivity contribution in [2.24, 2.45) is 0 Å². The summed E-state index contributed by atoms with van der Waals surface area (Å²) in [5, 5.41) is 7.34. The molecule has 1 aliphatic carbocycles. The van der Waals surface area contributed by atoms with Gasteiger partial charge in [-0.1, -0.05) is 25.3 Å². The molecule has 3 rings (SSSR count). The Morgan fingerprint density at radius 2 is 2.00 bits per heavy atom. The topological polar surface area (TPSA) is 54.5 Å². The molecule has 0 unspecified atom stereocenters. The maximum atomic E-state index is 4.58. The summed E-state index contributed by atoms with van der Waals surface area (Å²) in [6.45, 7) is 0. The van der Waals surface area contributed by atoms with Gasteiger partial charge in [-0.25, -0.2) is 4.98 Å². The van der Waals surface area contributed by atoms with Gasteiger partial charge in [0.2, 0.25) is 0 Å². The highest BCUT2D eigenvalue weighted by Gasteiger charge is 2.19. The number of nitrogens with zero attached hydrogens (tertiary/aromatic N) is 3. The second-order valence-electron chi connectivity index (χ2n) is 4.59. The highest BCUT2D eigenvalue weighted by Crippen LogP contribution is 2.31. The maximum Gasteiger partial charge on any atom is 0.199 e. The lowest BCUT2D eigenvalue weighted by molar-refractivity contribution is 0.429. The molecule has 0 atom stereocenters. The summed E-state index contributed by atoms with van der Waals surface area (Å²) >= 11 is 0. The molecule has 88 valence electrons. The van der Waals surface area contributed by atoms with Crippen molar-refractivity contribution in [1.82, 2.24) is 20.2 Å². The molecular weight excluding hydrogens is 212 g/mol. The second kappa shape index (κ2) is 4.65. The van der Waals surface area contributed by atoms with E-state index >= 15 is 0 Å². The Morgan fingerprint density at radius 1 is 1.12 bits per heavy atom. The van der Waals surface area contributed by atoms with Gasteiger partial charge in [0.1, 0.15) is 11.5 Å². The number of nitrogens with one attached hydrogen (secondary N) is 1. The summed E-state index contributed by atoms with van der Waals surface area (Å²) < 4.78 is 0. The summed E-state index contributed by atoms with van der Waals surface area (Å²) in [5.41, 5.74) is 0.839. The van der Waals surface area contributed by atoms with Crippen LogP contribution in [0.1, 0.15) is 43.8 Å². The number of rotatable bonds is 2. The van der Waals surface area contributed by atoms with Crippen LogP contribution in [-0.4, -0.2) is 20.2 Å². The molecule has 0 spiro atoms. The molecule has 1 fully saturated rings. The molecule has 0 amide bonds. The van der Waals surface area contributed by atoms with E-state index in [-0.39, 0.29) is 0 Å². The van der Waals surface area contributed by atoms with E-state index in [1.54, 1.807) is 6.20 Å². The highest BCUT2D eigenvalue weighted by molar-refractivity contribution is 5.47. The number of hydrogen-bond acceptors (Lipinski definition) is 3. The molecule has 2 heterocycles. The summed E-state index contributed by atoms with van der Waals surface area (Å²) in [4.78, 5) is 8.84. The van der Waals surface area contributed by atoms with Gasteiger partial charge >= 0.3 is 0 Å². The van der Waals surface area contributed by atoms with Gasteiger partial charge in [-0.15, -0.1) is 0 Å². The minimum absolute atomic E-state index is 0.564. The van der Waals surface area contributed by atoms with Crippen molar-refractivity contribution in [3.63, 3.8) is 0 Å². The molecule has 17 heavy (non-hydrogen) atoms. The Kier molecular flexibility index (Phi) is 2.86. The first-order valence-corrected chi connectivity index (χ1v) is 6.27. The van der Waals surface area contributed by atoms with E-state index in [4.69, 9.17) is 0 Å². The first-order valence-electron chi connectivity index (χ1n) is 6.27. The van der Waals surface area contributed by atoms with Gasteiger partial charge in [-0.3, -0.25) is 10.1 Å². The van der Waals surface area contributed by atoms with Gasteiger partial charge in [-0.2, -0.15) is 5.10 Å². The van der Waals surface area contributed by atoms with Crippen molar-refractivity contribution in [2.45, 2.75) is 38.0 Å². The lowest BCUT2D eigenvalue weighted by Gasteiger charge is -2.18. The average molecular weight is 228 g/mol. The molecule has 0 radical (unpaired) electrons. The van der Waals surface area contributed by atoms with Crippen LogP contribution in [0.3, 0.4) is 0 Å². The van der Waals surface area contributed by atoms with Crippen molar-refractivity contribution in [3.8, 4) is 11.5 Å². The molecule has 0 bridgehead atoms. The molecule has 0 aliphatic heterocycles. The fourth-order valence-electron chi connectivity index (χ4n) is 2.44. The first-order chi connectivity index (χ1) is 8.43. The fourth-order valence-corrected chi connectivity index (χ4v) is 2.44. The quantitative estimate of drug-likeness (QED) is 0.859. The van der Waals surface area contributed by atoms with Crippen LogP contribution in [-0.2, 0) is 0 Å². The van der Waals surface area contributed by atoms with E-state index in [0.717, 1.165) is 11.5 Å². The third-order valence-corrected chi connectivity index (χ3v) is 3.39. The van der Waals surface area contributed by atoms with Crippen LogP contribution in [0, 0.1) is 0 Å². The maximum absolute atomic E-state index is 4.58. The average Bonchev–Trinajstić information content (AvgIpc) is 2.90. The van der Waals surface area contributed by atoms with Gasteiger partial charge in [0.05, 0.1) is 0 Å². The van der Waals surface area contributed by atoms with E-state index in [1.165, 1.54) is 32.1 Å². The van der Waals surface area contributed by atoms with Crippen LogP contribution in [0.15, 0.2) is 24.4 Å². The van der Waals surface area contributed by atoms with E-state index in [0.29, 0.717) is 11.7 Å². The fraction of sp³-hybridized carbons (Fsp3) is 0.462. The monoisotopic (exact) mass is 228 g/mol. The third kappa shape index (κ3) is 2.20. The van der Waals surface area contributed by atoms with E-state index in [1.807, 2.05) is 18.2 Å². The Balaban J connectivity index is 1.83. The largest absolute Gasteiger partial charge is 0.262 e. The molecular formula is C13H16N4. The van der Waals surface area contributed by atoms with Crippen molar-refractivity contribution in [1.29, 1.82) is 0 Å². The predicted molar refractivity (Wildman–Crippen MR) is 65.4 cm³/mol. The SMILES string of the molecule is c1ccc(-c2n[nH]c(C3CCCCC3)n2)nc1. The van der Waals surface area contributed by atoms with Crippen LogP contribution in [0.5, 0.6) is 0 Å². The van der Waals surface area contributed by atoms with Crippen molar-refractivity contribution < 1.29 is 0 Å². The number of H-pyrrole nitrogens is 1. The van der Waals surface area contributed by atoms with Gasteiger partial charge in [0, 0.05) is 12.1 Å². The van der Waals surface area contributed by atoms with E-state index < -0.39 is 0 Å². The van der Waals surface area contributed by atoms with Gasteiger partial charge in [0.25, 0.3) is 0 Å². The molecule has 1 aliphatic rings. The molecule has 1 N–H and O–H groups in total. The normalized spacial score (nSPS) is 17.2. The highest BCUT2D eigenvalue weighted by atomic mass is 15.2. The zero-order valence-electron chi connectivity index (χ0n) is 9.76. The Morgan fingerprint density at radius 3 is 2.76 bits per heavy atom. The second-order valence-corrected chi connectivity index (χ2v) is 4.59. The Labute approximate surface area is 101 Å². The molecule has 4 heteroatoms. The Bertz CT molecular complexity index is 471. The number of aromatic nitrogens is 4. The van der Waals surface area contributed by atoms with Gasteiger partial charge in [0.15, 0.2) is 5.82 Å². The van der Waals surface area contributed by atoms with Crippen molar-refractivity contribution in [2.75, 3.05) is 0 Å². The summed E-state index contributed by atoms with van der Waals surface area (Å²) in [7, 11) is 0. The minimum Gasteiger partial charge on any atom is -0.262 e. The first kappa shape index (κ1) is 10.4. The number of aromatic amines is 1. The lowest BCUT2D eigenvalue weighted by atomic mass is 9.89. The van der Waals surface area contributed by atoms with Crippen LogP contribution >= 0.6 is 0 Å². The minimum atomic E-state index is 0.564. The molecule has 2 aromatic rings. The smallest absolute Gasteiger partial charge is 0.199 e. The summed E-state index contributed by atoms with van der Waals surface area (Å²) in [5.74, 6) is 2.31. The van der Waals surface area contributed by atoms with Crippen molar-refractivity contribution in [3.05, 3.63) is 30.2 Å². The van der Waals surface area contributed by atoms with Crippen LogP contribution < -0.4 is 0 Å². The van der Waals surface area contributed by atoms with Crippen molar-refractivity contribution >= 4 is 0 Å². The van der Waals surface area contributed by atoms with Crippen LogP contribution in [0.25, 0.3) is 11.5 Å².